The zero-order chi connectivity index (χ0) is 20.3. The maximum atomic E-state index is 12.4. The number of esters is 1. The molecule has 1 aromatic carbocycles. The molecule has 2 N–H and O–H groups in total. The number of fused-ring (bicyclic) bond motifs is 1. The fourth-order valence-corrected chi connectivity index (χ4v) is 3.80. The molecule has 8 nitrogen and oxygen atoms in total. The van der Waals surface area contributed by atoms with Crippen molar-refractivity contribution in [3.8, 4) is 5.75 Å². The quantitative estimate of drug-likeness (QED) is 0.615. The average Bonchev–Trinajstić information content (AvgIpc) is 2.98. The highest BCUT2D eigenvalue weighted by Crippen LogP contribution is 2.27. The number of aromatic amines is 1. The summed E-state index contributed by atoms with van der Waals surface area (Å²) in [6.45, 7) is 5.16. The number of para-hydroxylation sites is 2. The highest BCUT2D eigenvalue weighted by atomic mass is 32.1. The van der Waals surface area contributed by atoms with Gasteiger partial charge in [-0.2, -0.15) is 0 Å². The van der Waals surface area contributed by atoms with E-state index in [0.717, 1.165) is 11.3 Å². The predicted molar refractivity (Wildman–Crippen MR) is 106 cm³/mol. The van der Waals surface area contributed by atoms with Gasteiger partial charge < -0.3 is 19.8 Å². The summed E-state index contributed by atoms with van der Waals surface area (Å²) in [6, 6.07) is 6.99. The molecule has 0 bridgehead atoms. The normalized spacial score (nSPS) is 10.7. The van der Waals surface area contributed by atoms with E-state index in [1.807, 2.05) is 6.92 Å². The third-order valence-electron chi connectivity index (χ3n) is 3.90. The van der Waals surface area contributed by atoms with Gasteiger partial charge in [-0.15, -0.1) is 11.3 Å². The number of ether oxygens (including phenoxy) is 2. The molecule has 1 amide bonds. The van der Waals surface area contributed by atoms with Crippen LogP contribution in [0.1, 0.15) is 28.0 Å². The van der Waals surface area contributed by atoms with E-state index in [1.54, 1.807) is 38.1 Å². The molecular formula is C19H19N3O5S. The van der Waals surface area contributed by atoms with Gasteiger partial charge in [0.2, 0.25) is 0 Å². The predicted octanol–water partition coefficient (Wildman–Crippen LogP) is 2.80. The topological polar surface area (TPSA) is 110 Å². The Hall–Kier alpha value is -3.20. The minimum absolute atomic E-state index is 0.251. The molecule has 3 rings (SSSR count). The van der Waals surface area contributed by atoms with E-state index >= 15 is 0 Å². The number of aryl methyl sites for hydroxylation is 2. The number of hydrogen-bond acceptors (Lipinski definition) is 7. The molecule has 0 spiro atoms. The number of benzene rings is 1. The highest BCUT2D eigenvalue weighted by Gasteiger charge is 2.21. The van der Waals surface area contributed by atoms with Crippen LogP contribution in [-0.2, 0) is 9.53 Å². The second-order valence-corrected chi connectivity index (χ2v) is 6.94. The lowest BCUT2D eigenvalue weighted by molar-refractivity contribution is -0.119. The molecule has 0 saturated heterocycles. The number of carbonyl (C=O) groups excluding carboxylic acids is 2. The van der Waals surface area contributed by atoms with Crippen molar-refractivity contribution in [2.24, 2.45) is 0 Å². The van der Waals surface area contributed by atoms with Gasteiger partial charge in [-0.05, 0) is 38.5 Å². The third-order valence-corrected chi connectivity index (χ3v) is 5.07. The number of H-pyrrole nitrogens is 1. The monoisotopic (exact) mass is 401 g/mol. The fourth-order valence-electron chi connectivity index (χ4n) is 2.68. The summed E-state index contributed by atoms with van der Waals surface area (Å²) in [7, 11) is 0. The first-order valence-corrected chi connectivity index (χ1v) is 9.41. The van der Waals surface area contributed by atoms with E-state index in [-0.39, 0.29) is 10.4 Å². The molecule has 28 heavy (non-hydrogen) atoms. The molecule has 0 atom stereocenters. The number of nitrogens with zero attached hydrogens (tertiary/aromatic N) is 1. The van der Waals surface area contributed by atoms with E-state index in [2.05, 4.69) is 15.3 Å². The molecule has 0 unspecified atom stereocenters. The molecule has 0 saturated carbocycles. The minimum atomic E-state index is -0.675. The minimum Gasteiger partial charge on any atom is -0.492 e. The number of thiophene rings is 1. The zero-order valence-corrected chi connectivity index (χ0v) is 16.4. The summed E-state index contributed by atoms with van der Waals surface area (Å²) in [4.78, 5) is 44.2. The van der Waals surface area contributed by atoms with Gasteiger partial charge in [0.15, 0.2) is 6.61 Å². The third kappa shape index (κ3) is 4.04. The first-order chi connectivity index (χ1) is 13.4. The number of carbonyl (C=O) groups is 2. The average molecular weight is 401 g/mol. The van der Waals surface area contributed by atoms with Gasteiger partial charge in [0.1, 0.15) is 21.3 Å². The number of rotatable bonds is 6. The Morgan fingerprint density at radius 1 is 1.25 bits per heavy atom. The maximum Gasteiger partial charge on any atom is 0.349 e. The van der Waals surface area contributed by atoms with Crippen LogP contribution in [0.25, 0.3) is 10.2 Å². The fraction of sp³-hybridized carbons (Fsp3) is 0.263. The lowest BCUT2D eigenvalue weighted by Gasteiger charge is -2.11. The van der Waals surface area contributed by atoms with Crippen molar-refractivity contribution in [3.05, 3.63) is 50.9 Å². The molecule has 2 heterocycles. The Kier molecular flexibility index (Phi) is 5.74. The van der Waals surface area contributed by atoms with Crippen LogP contribution < -0.4 is 15.6 Å². The smallest absolute Gasteiger partial charge is 0.349 e. The molecule has 0 aliphatic rings. The van der Waals surface area contributed by atoms with Crippen LogP contribution >= 0.6 is 11.3 Å². The summed E-state index contributed by atoms with van der Waals surface area (Å²) in [6.07, 6.45) is 0. The van der Waals surface area contributed by atoms with Crippen LogP contribution in [0.3, 0.4) is 0 Å². The van der Waals surface area contributed by atoms with Gasteiger partial charge in [-0.25, -0.2) is 9.78 Å². The molecule has 9 heteroatoms. The first-order valence-electron chi connectivity index (χ1n) is 8.59. The number of anilines is 1. The van der Waals surface area contributed by atoms with Crippen LogP contribution in [0.15, 0.2) is 29.1 Å². The number of hydrogen-bond donors (Lipinski definition) is 2. The molecule has 3 aromatic rings. The van der Waals surface area contributed by atoms with E-state index in [1.165, 1.54) is 0 Å². The second kappa shape index (κ2) is 8.22. The van der Waals surface area contributed by atoms with Crippen molar-refractivity contribution in [3.63, 3.8) is 0 Å². The van der Waals surface area contributed by atoms with Crippen molar-refractivity contribution in [1.82, 2.24) is 9.97 Å². The summed E-state index contributed by atoms with van der Waals surface area (Å²) >= 11 is 1.07. The zero-order valence-electron chi connectivity index (χ0n) is 15.6. The highest BCUT2D eigenvalue weighted by molar-refractivity contribution is 7.20. The summed E-state index contributed by atoms with van der Waals surface area (Å²) in [5, 5.41) is 3.01. The van der Waals surface area contributed by atoms with Gasteiger partial charge in [-0.1, -0.05) is 12.1 Å². The van der Waals surface area contributed by atoms with E-state index in [9.17, 15) is 14.4 Å². The van der Waals surface area contributed by atoms with Gasteiger partial charge in [0, 0.05) is 0 Å². The summed E-state index contributed by atoms with van der Waals surface area (Å²) in [5.74, 6) is -0.173. The Bertz CT molecular complexity index is 1100. The van der Waals surface area contributed by atoms with Crippen LogP contribution in [0.2, 0.25) is 0 Å². The molecule has 0 fully saturated rings. The molecule has 0 radical (unpaired) electrons. The largest absolute Gasteiger partial charge is 0.492 e. The Morgan fingerprint density at radius 2 is 2.00 bits per heavy atom. The van der Waals surface area contributed by atoms with Crippen molar-refractivity contribution < 1.29 is 19.1 Å². The lowest BCUT2D eigenvalue weighted by Crippen LogP contribution is -2.21. The van der Waals surface area contributed by atoms with E-state index in [0.29, 0.717) is 39.6 Å². The Labute approximate surface area is 164 Å². The number of aromatic nitrogens is 2. The van der Waals surface area contributed by atoms with Gasteiger partial charge in [0.05, 0.1) is 17.7 Å². The standard InChI is InChI=1S/C19H19N3O5S/c1-4-26-13-8-6-5-7-12(13)22-14(23)9-27-19(25)16-10(2)15-17(24)20-11(3)21-18(15)28-16/h5-8H,4,9H2,1-3H3,(H,22,23)(H,20,21,24). The van der Waals surface area contributed by atoms with Crippen LogP contribution in [0.5, 0.6) is 5.75 Å². The number of amides is 1. The van der Waals surface area contributed by atoms with Crippen LogP contribution in [0.4, 0.5) is 5.69 Å². The molecule has 2 aromatic heterocycles. The SMILES string of the molecule is CCOc1ccccc1NC(=O)COC(=O)c1sc2nc(C)[nH]c(=O)c2c1C. The Morgan fingerprint density at radius 3 is 2.75 bits per heavy atom. The second-order valence-electron chi connectivity index (χ2n) is 5.94. The van der Waals surface area contributed by atoms with E-state index < -0.39 is 18.5 Å². The molecule has 0 aliphatic carbocycles. The molecule has 0 aliphatic heterocycles. The van der Waals surface area contributed by atoms with Crippen molar-refractivity contribution in [2.45, 2.75) is 20.8 Å². The lowest BCUT2D eigenvalue weighted by atomic mass is 10.2. The molecular weight excluding hydrogens is 382 g/mol. The summed E-state index contributed by atoms with van der Waals surface area (Å²) in [5.41, 5.74) is 0.677. The number of nitrogens with one attached hydrogen (secondary N) is 2. The molecule has 146 valence electrons. The Balaban J connectivity index is 1.70. The van der Waals surface area contributed by atoms with E-state index in [4.69, 9.17) is 9.47 Å². The van der Waals surface area contributed by atoms with Crippen molar-refractivity contribution in [2.75, 3.05) is 18.5 Å². The maximum absolute atomic E-state index is 12.4. The van der Waals surface area contributed by atoms with Gasteiger partial charge in [0.25, 0.3) is 11.5 Å². The van der Waals surface area contributed by atoms with Gasteiger partial charge >= 0.3 is 5.97 Å². The summed E-state index contributed by atoms with van der Waals surface area (Å²) < 4.78 is 10.6. The van der Waals surface area contributed by atoms with Crippen LogP contribution in [-0.4, -0.2) is 35.1 Å². The van der Waals surface area contributed by atoms with Crippen molar-refractivity contribution in [1.29, 1.82) is 0 Å². The first kappa shape index (κ1) is 19.6. The van der Waals surface area contributed by atoms with Crippen LogP contribution in [0, 0.1) is 13.8 Å². The van der Waals surface area contributed by atoms with Gasteiger partial charge in [-0.3, -0.25) is 9.59 Å². The van der Waals surface area contributed by atoms with Crippen molar-refractivity contribution >= 4 is 39.1 Å².